The Bertz CT molecular complexity index is 265. The van der Waals surface area contributed by atoms with Crippen molar-refractivity contribution in [3.05, 3.63) is 0 Å². The van der Waals surface area contributed by atoms with Crippen molar-refractivity contribution < 1.29 is 9.59 Å². The summed E-state index contributed by atoms with van der Waals surface area (Å²) in [6.07, 6.45) is 0. The first-order valence-corrected chi connectivity index (χ1v) is 4.49. The van der Waals surface area contributed by atoms with Gasteiger partial charge in [0.05, 0.1) is 0 Å². The molecule has 0 aromatic carbocycles. The summed E-state index contributed by atoms with van der Waals surface area (Å²) < 4.78 is 0. The lowest BCUT2D eigenvalue weighted by Gasteiger charge is -2.16. The molecule has 0 spiro atoms. The Kier molecular flexibility index (Phi) is 5.16. The highest BCUT2D eigenvalue weighted by Gasteiger charge is 2.20. The van der Waals surface area contributed by atoms with Crippen LogP contribution in [0.4, 0.5) is 0 Å². The van der Waals surface area contributed by atoms with Gasteiger partial charge in [-0.3, -0.25) is 9.59 Å². The number of rotatable bonds is 3. The molecule has 0 rings (SSSR count). The zero-order valence-corrected chi connectivity index (χ0v) is 9.01. The SMILES string of the molecule is CC(C)[C@@H](NC(=O)C#CBr)C(N)=O. The molecule has 5 heteroatoms. The highest BCUT2D eigenvalue weighted by atomic mass is 79.9. The van der Waals surface area contributed by atoms with Crippen molar-refractivity contribution in [1.82, 2.24) is 5.32 Å². The maximum absolute atomic E-state index is 10.9. The van der Waals surface area contributed by atoms with E-state index in [1.54, 1.807) is 13.8 Å². The molecule has 4 nitrogen and oxygen atoms in total. The molecule has 0 unspecified atom stereocenters. The number of primary amides is 1. The second kappa shape index (κ2) is 5.60. The lowest BCUT2D eigenvalue weighted by Crippen LogP contribution is -2.47. The molecule has 2 amide bonds. The molecule has 3 N–H and O–H groups in total. The van der Waals surface area contributed by atoms with Gasteiger partial charge in [0.25, 0.3) is 5.91 Å². The third kappa shape index (κ3) is 4.53. The van der Waals surface area contributed by atoms with Crippen molar-refractivity contribution in [2.45, 2.75) is 19.9 Å². The summed E-state index contributed by atoms with van der Waals surface area (Å²) in [5.74, 6) is 1.08. The molecular weight excluding hydrogens is 236 g/mol. The summed E-state index contributed by atoms with van der Waals surface area (Å²) in [5, 5.41) is 2.40. The molecule has 0 aliphatic heterocycles. The summed E-state index contributed by atoms with van der Waals surface area (Å²) in [6, 6.07) is -0.666. The normalized spacial score (nSPS) is 11.4. The van der Waals surface area contributed by atoms with Crippen molar-refractivity contribution in [3.8, 4) is 10.8 Å². The van der Waals surface area contributed by atoms with Crippen LogP contribution in [0.5, 0.6) is 0 Å². The highest BCUT2D eigenvalue weighted by Crippen LogP contribution is 1.99. The van der Waals surface area contributed by atoms with Crippen LogP contribution in [0, 0.1) is 16.7 Å². The predicted octanol–water partition coefficient (Wildman–Crippen LogP) is -0.0317. The van der Waals surface area contributed by atoms with Crippen LogP contribution in [0.2, 0.25) is 0 Å². The third-order valence-electron chi connectivity index (χ3n) is 1.42. The van der Waals surface area contributed by atoms with E-state index in [9.17, 15) is 9.59 Å². The molecule has 0 aliphatic carbocycles. The van der Waals surface area contributed by atoms with Gasteiger partial charge >= 0.3 is 0 Å². The zero-order chi connectivity index (χ0) is 10.4. The second-order valence-corrected chi connectivity index (χ2v) is 3.21. The van der Waals surface area contributed by atoms with E-state index in [1.807, 2.05) is 0 Å². The largest absolute Gasteiger partial charge is 0.368 e. The first kappa shape index (κ1) is 12.0. The second-order valence-electron chi connectivity index (χ2n) is 2.82. The molecule has 0 fully saturated rings. The van der Waals surface area contributed by atoms with Crippen LogP contribution in [0.25, 0.3) is 0 Å². The molecule has 0 aromatic heterocycles. The minimum absolute atomic E-state index is 0.0430. The van der Waals surface area contributed by atoms with Gasteiger partial charge < -0.3 is 11.1 Å². The first-order valence-electron chi connectivity index (χ1n) is 3.70. The fourth-order valence-corrected chi connectivity index (χ4v) is 0.967. The Morgan fingerprint density at radius 2 is 2.00 bits per heavy atom. The number of hydrogen-bond acceptors (Lipinski definition) is 2. The molecule has 1 atom stereocenters. The summed E-state index contributed by atoms with van der Waals surface area (Å²) >= 11 is 2.78. The van der Waals surface area contributed by atoms with E-state index < -0.39 is 17.9 Å². The van der Waals surface area contributed by atoms with Gasteiger partial charge in [0.15, 0.2) is 0 Å². The number of carbonyl (C=O) groups is 2. The van der Waals surface area contributed by atoms with E-state index in [-0.39, 0.29) is 5.92 Å². The Labute approximate surface area is 85.4 Å². The van der Waals surface area contributed by atoms with Crippen molar-refractivity contribution in [2.24, 2.45) is 11.7 Å². The number of carbonyl (C=O) groups excluding carboxylic acids is 2. The van der Waals surface area contributed by atoms with Crippen LogP contribution in [0.3, 0.4) is 0 Å². The van der Waals surface area contributed by atoms with E-state index in [0.717, 1.165) is 0 Å². The summed E-state index contributed by atoms with van der Waals surface area (Å²) in [7, 11) is 0. The summed E-state index contributed by atoms with van der Waals surface area (Å²) in [5.41, 5.74) is 5.07. The average Bonchev–Trinajstić information content (AvgIpc) is 1.99. The van der Waals surface area contributed by atoms with E-state index in [0.29, 0.717) is 0 Å². The van der Waals surface area contributed by atoms with Crippen molar-refractivity contribution in [3.63, 3.8) is 0 Å². The van der Waals surface area contributed by atoms with Crippen LogP contribution in [0.15, 0.2) is 0 Å². The standard InChI is InChI=1S/C8H11BrN2O2/c1-5(2)7(8(10)13)11-6(12)3-4-9/h5,7H,1-2H3,(H2,10,13)(H,11,12)/t7-/m1/s1. The molecule has 0 aromatic rings. The van der Waals surface area contributed by atoms with Gasteiger partial charge in [0.2, 0.25) is 5.91 Å². The molecule has 0 saturated carbocycles. The van der Waals surface area contributed by atoms with Gasteiger partial charge in [-0.1, -0.05) is 13.8 Å². The van der Waals surface area contributed by atoms with Crippen molar-refractivity contribution >= 4 is 27.7 Å². The smallest absolute Gasteiger partial charge is 0.297 e. The number of nitrogens with one attached hydrogen (secondary N) is 1. The zero-order valence-electron chi connectivity index (χ0n) is 7.43. The predicted molar refractivity (Wildman–Crippen MR) is 52.7 cm³/mol. The lowest BCUT2D eigenvalue weighted by atomic mass is 10.0. The molecule has 0 heterocycles. The van der Waals surface area contributed by atoms with Gasteiger partial charge in [-0.15, -0.1) is 0 Å². The molecule has 13 heavy (non-hydrogen) atoms. The minimum Gasteiger partial charge on any atom is -0.368 e. The van der Waals surface area contributed by atoms with Crippen LogP contribution in [-0.4, -0.2) is 17.9 Å². The molecule has 0 saturated heterocycles. The molecule has 72 valence electrons. The van der Waals surface area contributed by atoms with Gasteiger partial charge in [0, 0.05) is 21.9 Å². The van der Waals surface area contributed by atoms with Crippen LogP contribution in [-0.2, 0) is 9.59 Å². The Morgan fingerprint density at radius 1 is 1.46 bits per heavy atom. The number of nitrogens with two attached hydrogens (primary N) is 1. The van der Waals surface area contributed by atoms with Crippen LogP contribution < -0.4 is 11.1 Å². The van der Waals surface area contributed by atoms with Crippen molar-refractivity contribution in [2.75, 3.05) is 0 Å². The fraction of sp³-hybridized carbons (Fsp3) is 0.500. The highest BCUT2D eigenvalue weighted by molar-refractivity contribution is 9.12. The van der Waals surface area contributed by atoms with Gasteiger partial charge in [0.1, 0.15) is 6.04 Å². The summed E-state index contributed by atoms with van der Waals surface area (Å²) in [6.45, 7) is 3.58. The fourth-order valence-electron chi connectivity index (χ4n) is 0.787. The topological polar surface area (TPSA) is 72.2 Å². The maximum atomic E-state index is 10.9. The van der Waals surface area contributed by atoms with E-state index in [1.165, 1.54) is 0 Å². The number of halogens is 1. The third-order valence-corrected chi connectivity index (χ3v) is 1.62. The number of hydrogen-bond donors (Lipinski definition) is 2. The Morgan fingerprint density at radius 3 is 2.31 bits per heavy atom. The van der Waals surface area contributed by atoms with E-state index in [2.05, 4.69) is 32.0 Å². The first-order chi connectivity index (χ1) is 5.99. The number of amides is 2. The molecule has 0 aliphatic rings. The van der Waals surface area contributed by atoms with Crippen LogP contribution in [0.1, 0.15) is 13.8 Å². The monoisotopic (exact) mass is 246 g/mol. The molecule has 0 radical (unpaired) electrons. The summed E-state index contributed by atoms with van der Waals surface area (Å²) in [4.78, 5) is 24.0. The maximum Gasteiger partial charge on any atom is 0.297 e. The lowest BCUT2D eigenvalue weighted by molar-refractivity contribution is -0.125. The molecule has 0 bridgehead atoms. The Hall–Kier alpha value is -1.02. The Balaban J connectivity index is 4.32. The van der Waals surface area contributed by atoms with Gasteiger partial charge in [-0.05, 0) is 10.7 Å². The minimum atomic E-state index is -0.666. The quantitative estimate of drug-likeness (QED) is 0.687. The molecular formula is C8H11BrN2O2. The van der Waals surface area contributed by atoms with Crippen LogP contribution >= 0.6 is 15.9 Å². The van der Waals surface area contributed by atoms with E-state index in [4.69, 9.17) is 5.73 Å². The van der Waals surface area contributed by atoms with Gasteiger partial charge in [-0.2, -0.15) is 0 Å². The average molecular weight is 247 g/mol. The van der Waals surface area contributed by atoms with Gasteiger partial charge in [-0.25, -0.2) is 0 Å². The van der Waals surface area contributed by atoms with E-state index >= 15 is 0 Å². The van der Waals surface area contributed by atoms with Crippen molar-refractivity contribution in [1.29, 1.82) is 0 Å².